The molecule has 0 spiro atoms. The molecule has 1 amide bonds. The fourth-order valence-electron chi connectivity index (χ4n) is 1.37. The number of nitrogens with one attached hydrogen (secondary N) is 1. The first-order chi connectivity index (χ1) is 8.95. The van der Waals surface area contributed by atoms with Gasteiger partial charge in [0.15, 0.2) is 5.76 Å². The highest BCUT2D eigenvalue weighted by Gasteiger charge is 2.17. The van der Waals surface area contributed by atoms with Gasteiger partial charge in [0.2, 0.25) is 0 Å². The third kappa shape index (κ3) is 3.24. The van der Waals surface area contributed by atoms with Crippen LogP contribution < -0.4 is 5.32 Å². The van der Waals surface area contributed by atoms with Gasteiger partial charge in [0.1, 0.15) is 4.92 Å². The Balaban J connectivity index is 2.18. The molecular weight excluding hydrogens is 295 g/mol. The zero-order valence-electron chi connectivity index (χ0n) is 9.22. The number of carbonyl (C=O) groups is 1. The minimum atomic E-state index is -0.729. The van der Waals surface area contributed by atoms with E-state index in [1.807, 2.05) is 0 Å². The first-order valence-electron chi connectivity index (χ1n) is 4.97. The van der Waals surface area contributed by atoms with Gasteiger partial charge in [0, 0.05) is 15.7 Å². The van der Waals surface area contributed by atoms with E-state index in [9.17, 15) is 14.9 Å². The normalized spacial score (nSPS) is 10.2. The molecule has 1 aromatic heterocycles. The smallest absolute Gasteiger partial charge is 0.395 e. The molecule has 19 heavy (non-hydrogen) atoms. The number of nitro groups is 1. The molecule has 0 aliphatic carbocycles. The number of furan rings is 1. The summed E-state index contributed by atoms with van der Waals surface area (Å²) in [4.78, 5) is 21.5. The van der Waals surface area contributed by atoms with Crippen molar-refractivity contribution in [2.45, 2.75) is 0 Å². The molecule has 98 valence electrons. The Morgan fingerprint density at radius 2 is 1.84 bits per heavy atom. The Morgan fingerprint density at radius 3 is 2.37 bits per heavy atom. The number of amides is 1. The summed E-state index contributed by atoms with van der Waals surface area (Å²) in [7, 11) is 0. The van der Waals surface area contributed by atoms with E-state index in [0.29, 0.717) is 15.7 Å². The lowest BCUT2D eigenvalue weighted by Gasteiger charge is -2.04. The van der Waals surface area contributed by atoms with E-state index < -0.39 is 16.7 Å². The van der Waals surface area contributed by atoms with E-state index in [4.69, 9.17) is 27.6 Å². The second-order valence-electron chi connectivity index (χ2n) is 3.51. The maximum atomic E-state index is 11.8. The predicted octanol–water partition coefficient (Wildman–Crippen LogP) is 3.75. The Bertz CT molecular complexity index is 634. The van der Waals surface area contributed by atoms with Crippen LogP contribution in [-0.4, -0.2) is 10.8 Å². The Hall–Kier alpha value is -2.05. The van der Waals surface area contributed by atoms with Gasteiger partial charge in [-0.2, -0.15) is 0 Å². The summed E-state index contributed by atoms with van der Waals surface area (Å²) in [5.41, 5.74) is 0.363. The standard InChI is InChI=1S/C11H6Cl2N2O4/c12-6-3-7(13)5-8(4-6)14-11(16)9-1-2-10(19-9)15(17)18/h1-5H,(H,14,16). The van der Waals surface area contributed by atoms with Crippen LogP contribution in [0.5, 0.6) is 0 Å². The fourth-order valence-corrected chi connectivity index (χ4v) is 1.89. The molecule has 0 saturated carbocycles. The lowest BCUT2D eigenvalue weighted by Crippen LogP contribution is -2.10. The molecule has 2 aromatic rings. The molecule has 1 N–H and O–H groups in total. The Kier molecular flexibility index (Phi) is 3.73. The van der Waals surface area contributed by atoms with Gasteiger partial charge in [-0.25, -0.2) is 0 Å². The lowest BCUT2D eigenvalue weighted by atomic mass is 10.3. The highest BCUT2D eigenvalue weighted by atomic mass is 35.5. The largest absolute Gasteiger partial charge is 0.433 e. The average Bonchev–Trinajstić information content (AvgIpc) is 2.76. The molecule has 8 heteroatoms. The van der Waals surface area contributed by atoms with Crippen molar-refractivity contribution in [3.05, 3.63) is 56.3 Å². The van der Waals surface area contributed by atoms with Gasteiger partial charge >= 0.3 is 5.88 Å². The first kappa shape index (κ1) is 13.4. The van der Waals surface area contributed by atoms with Gasteiger partial charge in [-0.15, -0.1) is 0 Å². The second-order valence-corrected chi connectivity index (χ2v) is 4.38. The average molecular weight is 301 g/mol. The van der Waals surface area contributed by atoms with Crippen LogP contribution in [0.2, 0.25) is 10.0 Å². The second kappa shape index (κ2) is 5.29. The number of rotatable bonds is 3. The quantitative estimate of drug-likeness (QED) is 0.691. The van der Waals surface area contributed by atoms with Crippen LogP contribution >= 0.6 is 23.2 Å². The molecule has 2 rings (SSSR count). The van der Waals surface area contributed by atoms with Crippen molar-refractivity contribution in [1.29, 1.82) is 0 Å². The Labute approximate surface area is 117 Å². The molecule has 6 nitrogen and oxygen atoms in total. The summed E-state index contributed by atoms with van der Waals surface area (Å²) < 4.78 is 4.76. The molecule has 0 aliphatic heterocycles. The molecule has 0 atom stereocenters. The molecule has 0 radical (unpaired) electrons. The highest BCUT2D eigenvalue weighted by Crippen LogP contribution is 2.23. The summed E-state index contributed by atoms with van der Waals surface area (Å²) in [5.74, 6) is -1.32. The van der Waals surface area contributed by atoms with Gasteiger partial charge in [-0.3, -0.25) is 14.9 Å². The van der Waals surface area contributed by atoms with E-state index in [0.717, 1.165) is 6.07 Å². The molecule has 0 fully saturated rings. The summed E-state index contributed by atoms with van der Waals surface area (Å²) in [6.45, 7) is 0. The van der Waals surface area contributed by atoms with Crippen molar-refractivity contribution in [1.82, 2.24) is 0 Å². The number of anilines is 1. The third-order valence-electron chi connectivity index (χ3n) is 2.12. The van der Waals surface area contributed by atoms with E-state index in [-0.39, 0.29) is 5.76 Å². The van der Waals surface area contributed by atoms with Gasteiger partial charge in [0.05, 0.1) is 6.07 Å². The minimum Gasteiger partial charge on any atom is -0.395 e. The molecule has 0 saturated heterocycles. The van der Waals surface area contributed by atoms with Crippen LogP contribution in [0.3, 0.4) is 0 Å². The van der Waals surface area contributed by atoms with E-state index >= 15 is 0 Å². The van der Waals surface area contributed by atoms with Crippen LogP contribution in [0, 0.1) is 10.1 Å². The molecule has 1 heterocycles. The Morgan fingerprint density at radius 1 is 1.21 bits per heavy atom. The number of benzene rings is 1. The van der Waals surface area contributed by atoms with Crippen LogP contribution in [0.25, 0.3) is 0 Å². The van der Waals surface area contributed by atoms with Crippen LogP contribution in [0.4, 0.5) is 11.6 Å². The van der Waals surface area contributed by atoms with Crippen molar-refractivity contribution in [3.63, 3.8) is 0 Å². The third-order valence-corrected chi connectivity index (χ3v) is 2.55. The zero-order chi connectivity index (χ0) is 14.0. The van der Waals surface area contributed by atoms with Gasteiger partial charge in [-0.1, -0.05) is 23.2 Å². The first-order valence-corrected chi connectivity index (χ1v) is 5.73. The molecule has 0 aliphatic rings. The summed E-state index contributed by atoms with van der Waals surface area (Å²) in [6, 6.07) is 6.79. The van der Waals surface area contributed by atoms with Crippen LogP contribution in [0.15, 0.2) is 34.7 Å². The van der Waals surface area contributed by atoms with Crippen molar-refractivity contribution in [2.75, 3.05) is 5.32 Å². The molecule has 1 aromatic carbocycles. The van der Waals surface area contributed by atoms with Gasteiger partial charge < -0.3 is 9.73 Å². The lowest BCUT2D eigenvalue weighted by molar-refractivity contribution is -0.402. The maximum Gasteiger partial charge on any atom is 0.433 e. The number of carbonyl (C=O) groups excluding carboxylic acids is 1. The SMILES string of the molecule is O=C(Nc1cc(Cl)cc(Cl)c1)c1ccc([N+](=O)[O-])o1. The summed E-state index contributed by atoms with van der Waals surface area (Å²) in [6.07, 6.45) is 0. The van der Waals surface area contributed by atoms with Crippen molar-refractivity contribution in [2.24, 2.45) is 0 Å². The summed E-state index contributed by atoms with van der Waals surface area (Å²) in [5, 5.41) is 13.6. The number of halogens is 2. The number of hydrogen-bond donors (Lipinski definition) is 1. The maximum absolute atomic E-state index is 11.8. The van der Waals surface area contributed by atoms with E-state index in [2.05, 4.69) is 5.32 Å². The number of nitrogens with zero attached hydrogens (tertiary/aromatic N) is 1. The van der Waals surface area contributed by atoms with Crippen molar-refractivity contribution in [3.8, 4) is 0 Å². The molecule has 0 unspecified atom stereocenters. The monoisotopic (exact) mass is 300 g/mol. The summed E-state index contributed by atoms with van der Waals surface area (Å²) >= 11 is 11.6. The fraction of sp³-hybridized carbons (Fsp3) is 0. The van der Waals surface area contributed by atoms with Crippen LogP contribution in [0.1, 0.15) is 10.6 Å². The predicted molar refractivity (Wildman–Crippen MR) is 69.8 cm³/mol. The molecular formula is C11H6Cl2N2O4. The van der Waals surface area contributed by atoms with E-state index in [1.165, 1.54) is 24.3 Å². The zero-order valence-corrected chi connectivity index (χ0v) is 10.7. The van der Waals surface area contributed by atoms with Crippen molar-refractivity contribution >= 4 is 40.7 Å². The van der Waals surface area contributed by atoms with Gasteiger partial charge in [-0.05, 0) is 24.3 Å². The topological polar surface area (TPSA) is 85.4 Å². The minimum absolute atomic E-state index is 0.178. The van der Waals surface area contributed by atoms with E-state index in [1.54, 1.807) is 0 Å². The van der Waals surface area contributed by atoms with Crippen LogP contribution in [-0.2, 0) is 0 Å². The number of hydrogen-bond acceptors (Lipinski definition) is 4. The highest BCUT2D eigenvalue weighted by molar-refractivity contribution is 6.35. The molecule has 0 bridgehead atoms. The van der Waals surface area contributed by atoms with Gasteiger partial charge in [0.25, 0.3) is 5.91 Å². The van der Waals surface area contributed by atoms with Crippen molar-refractivity contribution < 1.29 is 14.1 Å².